The van der Waals surface area contributed by atoms with Crippen molar-refractivity contribution in [1.82, 2.24) is 4.90 Å². The van der Waals surface area contributed by atoms with Crippen molar-refractivity contribution in [3.05, 3.63) is 12.2 Å². The lowest BCUT2D eigenvalue weighted by molar-refractivity contribution is -0.142. The van der Waals surface area contributed by atoms with Gasteiger partial charge in [0.2, 0.25) is 5.91 Å². The third-order valence-electron chi connectivity index (χ3n) is 3.25. The standard InChI is InChI=1S/C14H25NO/c1-13(2,3)11-9-7-8-10-15(12(11)16)14(4,5)6/h7-8,11H,9-10H2,1-6H3. The summed E-state index contributed by atoms with van der Waals surface area (Å²) in [4.78, 5) is 14.5. The summed E-state index contributed by atoms with van der Waals surface area (Å²) in [7, 11) is 0. The van der Waals surface area contributed by atoms with Crippen LogP contribution in [-0.4, -0.2) is 22.9 Å². The molecule has 0 N–H and O–H groups in total. The molecular formula is C14H25NO. The quantitative estimate of drug-likeness (QED) is 0.577. The Bertz CT molecular complexity index is 263. The SMILES string of the molecule is CC(C)(C)C1CC=CCN(C(C)(C)C)C1=O. The molecule has 1 atom stereocenters. The molecule has 0 aromatic rings. The number of rotatable bonds is 0. The summed E-state index contributed by atoms with van der Waals surface area (Å²) < 4.78 is 0. The van der Waals surface area contributed by atoms with Gasteiger partial charge >= 0.3 is 0 Å². The van der Waals surface area contributed by atoms with Crippen LogP contribution >= 0.6 is 0 Å². The smallest absolute Gasteiger partial charge is 0.227 e. The predicted octanol–water partition coefficient (Wildman–Crippen LogP) is 3.24. The van der Waals surface area contributed by atoms with Gasteiger partial charge in [0.05, 0.1) is 0 Å². The van der Waals surface area contributed by atoms with E-state index >= 15 is 0 Å². The Hall–Kier alpha value is -0.790. The fraction of sp³-hybridized carbons (Fsp3) is 0.786. The molecule has 0 spiro atoms. The van der Waals surface area contributed by atoms with E-state index in [9.17, 15) is 4.79 Å². The van der Waals surface area contributed by atoms with E-state index < -0.39 is 0 Å². The topological polar surface area (TPSA) is 20.3 Å². The largest absolute Gasteiger partial charge is 0.334 e. The first-order chi connectivity index (χ1) is 7.14. The van der Waals surface area contributed by atoms with Crippen LogP contribution in [0.1, 0.15) is 48.0 Å². The van der Waals surface area contributed by atoms with E-state index in [-0.39, 0.29) is 16.9 Å². The van der Waals surface area contributed by atoms with Crippen LogP contribution < -0.4 is 0 Å². The van der Waals surface area contributed by atoms with Gasteiger partial charge in [-0.15, -0.1) is 0 Å². The third-order valence-corrected chi connectivity index (χ3v) is 3.25. The van der Waals surface area contributed by atoms with Crippen LogP contribution in [0.25, 0.3) is 0 Å². The zero-order valence-corrected chi connectivity index (χ0v) is 11.5. The van der Waals surface area contributed by atoms with Gasteiger partial charge in [-0.05, 0) is 32.6 Å². The highest BCUT2D eigenvalue weighted by atomic mass is 16.2. The van der Waals surface area contributed by atoms with Crippen molar-refractivity contribution in [3.63, 3.8) is 0 Å². The van der Waals surface area contributed by atoms with E-state index in [1.165, 1.54) is 0 Å². The first kappa shape index (κ1) is 13.3. The minimum absolute atomic E-state index is 0.0370. The fourth-order valence-corrected chi connectivity index (χ4v) is 2.12. The fourth-order valence-electron chi connectivity index (χ4n) is 2.12. The molecule has 1 rings (SSSR count). The molecule has 0 aromatic heterocycles. The van der Waals surface area contributed by atoms with E-state index in [1.807, 2.05) is 4.90 Å². The van der Waals surface area contributed by atoms with Crippen LogP contribution in [-0.2, 0) is 4.79 Å². The van der Waals surface area contributed by atoms with Gasteiger partial charge in [0.25, 0.3) is 0 Å². The number of allylic oxidation sites excluding steroid dienone is 1. The van der Waals surface area contributed by atoms with Gasteiger partial charge < -0.3 is 4.90 Å². The monoisotopic (exact) mass is 223 g/mol. The Morgan fingerprint density at radius 2 is 1.69 bits per heavy atom. The molecule has 0 fully saturated rings. The highest BCUT2D eigenvalue weighted by Gasteiger charge is 2.37. The van der Waals surface area contributed by atoms with E-state index in [4.69, 9.17) is 0 Å². The highest BCUT2D eigenvalue weighted by Crippen LogP contribution is 2.33. The van der Waals surface area contributed by atoms with Gasteiger partial charge in [-0.2, -0.15) is 0 Å². The Labute approximate surface area is 99.7 Å². The Kier molecular flexibility index (Phi) is 3.51. The number of hydrogen-bond acceptors (Lipinski definition) is 1. The molecule has 16 heavy (non-hydrogen) atoms. The Morgan fingerprint density at radius 1 is 1.12 bits per heavy atom. The molecule has 1 amide bonds. The van der Waals surface area contributed by atoms with Crippen molar-refractivity contribution >= 4 is 5.91 Å². The number of hydrogen-bond donors (Lipinski definition) is 0. The lowest BCUT2D eigenvalue weighted by Gasteiger charge is -2.39. The second-order valence-corrected chi connectivity index (χ2v) is 6.75. The summed E-state index contributed by atoms with van der Waals surface area (Å²) in [6.45, 7) is 13.5. The molecule has 0 saturated carbocycles. The van der Waals surface area contributed by atoms with Crippen molar-refractivity contribution in [3.8, 4) is 0 Å². The highest BCUT2D eigenvalue weighted by molar-refractivity contribution is 5.81. The maximum absolute atomic E-state index is 12.5. The summed E-state index contributed by atoms with van der Waals surface area (Å²) in [6.07, 6.45) is 5.14. The summed E-state index contributed by atoms with van der Waals surface area (Å²) in [5.41, 5.74) is -0.0511. The van der Waals surface area contributed by atoms with Gasteiger partial charge in [-0.25, -0.2) is 0 Å². The second kappa shape index (κ2) is 4.23. The van der Waals surface area contributed by atoms with Gasteiger partial charge in [-0.3, -0.25) is 4.79 Å². The number of amides is 1. The molecule has 0 aromatic carbocycles. The molecule has 2 heteroatoms. The van der Waals surface area contributed by atoms with Crippen LogP contribution in [0, 0.1) is 11.3 Å². The molecule has 1 aliphatic heterocycles. The van der Waals surface area contributed by atoms with Crippen LogP contribution in [0.5, 0.6) is 0 Å². The number of carbonyl (C=O) groups is 1. The van der Waals surface area contributed by atoms with Crippen LogP contribution in [0.4, 0.5) is 0 Å². The summed E-state index contributed by atoms with van der Waals surface area (Å²) in [5, 5.41) is 0. The lowest BCUT2D eigenvalue weighted by Crippen LogP contribution is -2.49. The molecule has 0 radical (unpaired) electrons. The van der Waals surface area contributed by atoms with Crippen molar-refractivity contribution in [2.24, 2.45) is 11.3 Å². The average Bonchev–Trinajstić information content (AvgIpc) is 2.23. The predicted molar refractivity (Wildman–Crippen MR) is 68.2 cm³/mol. The van der Waals surface area contributed by atoms with Crippen LogP contribution in [0.2, 0.25) is 0 Å². The molecular weight excluding hydrogens is 198 g/mol. The first-order valence-corrected chi connectivity index (χ1v) is 6.10. The minimum atomic E-state index is -0.0880. The molecule has 1 heterocycles. The summed E-state index contributed by atoms with van der Waals surface area (Å²) in [5.74, 6) is 0.399. The van der Waals surface area contributed by atoms with Crippen molar-refractivity contribution in [1.29, 1.82) is 0 Å². The molecule has 0 aliphatic carbocycles. The molecule has 0 saturated heterocycles. The van der Waals surface area contributed by atoms with E-state index in [0.29, 0.717) is 5.91 Å². The molecule has 0 bridgehead atoms. The van der Waals surface area contributed by atoms with E-state index in [1.54, 1.807) is 0 Å². The van der Waals surface area contributed by atoms with E-state index in [2.05, 4.69) is 53.7 Å². The summed E-state index contributed by atoms with van der Waals surface area (Å²) in [6, 6.07) is 0. The Balaban J connectivity index is 3.00. The second-order valence-electron chi connectivity index (χ2n) is 6.75. The Morgan fingerprint density at radius 3 is 2.12 bits per heavy atom. The zero-order valence-electron chi connectivity index (χ0n) is 11.5. The third kappa shape index (κ3) is 2.87. The van der Waals surface area contributed by atoms with Gasteiger partial charge in [-0.1, -0.05) is 32.9 Å². The molecule has 1 aliphatic rings. The zero-order chi connectivity index (χ0) is 12.6. The first-order valence-electron chi connectivity index (χ1n) is 6.10. The summed E-state index contributed by atoms with van der Waals surface area (Å²) >= 11 is 0. The maximum atomic E-state index is 12.5. The van der Waals surface area contributed by atoms with Gasteiger partial charge in [0.15, 0.2) is 0 Å². The maximum Gasteiger partial charge on any atom is 0.227 e. The average molecular weight is 223 g/mol. The van der Waals surface area contributed by atoms with Gasteiger partial charge in [0.1, 0.15) is 0 Å². The minimum Gasteiger partial charge on any atom is -0.334 e. The van der Waals surface area contributed by atoms with Gasteiger partial charge in [0, 0.05) is 18.0 Å². The van der Waals surface area contributed by atoms with Crippen LogP contribution in [0.3, 0.4) is 0 Å². The lowest BCUT2D eigenvalue weighted by atomic mass is 9.77. The normalized spacial score (nSPS) is 23.5. The number of carbonyl (C=O) groups excluding carboxylic acids is 1. The molecule has 2 nitrogen and oxygen atoms in total. The molecule has 92 valence electrons. The number of nitrogens with zero attached hydrogens (tertiary/aromatic N) is 1. The molecule has 1 unspecified atom stereocenters. The van der Waals surface area contributed by atoms with Crippen molar-refractivity contribution in [2.75, 3.05) is 6.54 Å². The van der Waals surface area contributed by atoms with Crippen LogP contribution in [0.15, 0.2) is 12.2 Å². The van der Waals surface area contributed by atoms with Crippen molar-refractivity contribution < 1.29 is 4.79 Å². The van der Waals surface area contributed by atoms with E-state index in [0.717, 1.165) is 13.0 Å². The van der Waals surface area contributed by atoms with Crippen molar-refractivity contribution in [2.45, 2.75) is 53.5 Å².